The summed E-state index contributed by atoms with van der Waals surface area (Å²) < 4.78 is 0. The van der Waals surface area contributed by atoms with Crippen molar-refractivity contribution < 1.29 is 4.79 Å². The summed E-state index contributed by atoms with van der Waals surface area (Å²) in [4.78, 5) is 25.2. The average Bonchev–Trinajstić information content (AvgIpc) is 3.23. The Balaban J connectivity index is 1.62. The van der Waals surface area contributed by atoms with Gasteiger partial charge in [-0.15, -0.1) is 0 Å². The third kappa shape index (κ3) is 4.70. The summed E-state index contributed by atoms with van der Waals surface area (Å²) in [5.41, 5.74) is 10.0. The second-order valence-electron chi connectivity index (χ2n) is 8.12. The Hall–Kier alpha value is -2.96. The lowest BCUT2D eigenvalue weighted by molar-refractivity contribution is 0.100. The van der Waals surface area contributed by atoms with Crippen molar-refractivity contribution in [1.29, 1.82) is 0 Å². The molecule has 1 aliphatic heterocycles. The highest BCUT2D eigenvalue weighted by Crippen LogP contribution is 2.35. The van der Waals surface area contributed by atoms with Gasteiger partial charge >= 0.3 is 0 Å². The number of primary amides is 1. The van der Waals surface area contributed by atoms with Crippen LogP contribution in [0.1, 0.15) is 34.0 Å². The van der Waals surface area contributed by atoms with Gasteiger partial charge in [0.05, 0.1) is 5.69 Å². The van der Waals surface area contributed by atoms with E-state index in [4.69, 9.17) is 22.3 Å². The number of rotatable bonds is 6. The summed E-state index contributed by atoms with van der Waals surface area (Å²) in [6.45, 7) is 2.71. The molecule has 1 aromatic heterocycles. The highest BCUT2D eigenvalue weighted by molar-refractivity contribution is 6.31. The average molecular weight is 436 g/mol. The number of halogens is 1. The van der Waals surface area contributed by atoms with E-state index in [1.165, 1.54) is 0 Å². The van der Waals surface area contributed by atoms with Crippen molar-refractivity contribution in [2.75, 3.05) is 32.1 Å². The summed E-state index contributed by atoms with van der Waals surface area (Å²) in [7, 11) is 3.89. The Labute approximate surface area is 187 Å². The molecule has 1 saturated heterocycles. The fourth-order valence-corrected chi connectivity index (χ4v) is 4.21. The van der Waals surface area contributed by atoms with Crippen LogP contribution in [0.25, 0.3) is 11.1 Å². The summed E-state index contributed by atoms with van der Waals surface area (Å²) >= 11 is 6.37. The number of carbonyl (C=O) groups excluding carboxylic acids is 1. The number of anilines is 1. The van der Waals surface area contributed by atoms with Crippen LogP contribution in [0.2, 0.25) is 5.02 Å². The van der Waals surface area contributed by atoms with Gasteiger partial charge in [0.1, 0.15) is 0 Å². The van der Waals surface area contributed by atoms with Crippen molar-refractivity contribution in [3.05, 3.63) is 76.6 Å². The Morgan fingerprint density at radius 2 is 1.94 bits per heavy atom. The Morgan fingerprint density at radius 3 is 2.61 bits per heavy atom. The van der Waals surface area contributed by atoms with Gasteiger partial charge in [-0.1, -0.05) is 41.9 Å². The molecule has 6 nitrogen and oxygen atoms in total. The van der Waals surface area contributed by atoms with Crippen LogP contribution in [0, 0.1) is 0 Å². The van der Waals surface area contributed by atoms with E-state index in [0.717, 1.165) is 53.5 Å². The zero-order valence-electron chi connectivity index (χ0n) is 17.8. The minimum atomic E-state index is -0.433. The SMILES string of the molecule is CN(C)c1ncc(-c2ccc(C(N)=O)cc2)c([C@H]2CCN(Cc3ccccc3Cl)C2)n1. The predicted octanol–water partition coefficient (Wildman–Crippen LogP) is 3.95. The molecule has 0 spiro atoms. The van der Waals surface area contributed by atoms with Gasteiger partial charge in [-0.2, -0.15) is 0 Å². The van der Waals surface area contributed by atoms with Crippen LogP contribution in [0.15, 0.2) is 54.7 Å². The van der Waals surface area contributed by atoms with Crippen molar-refractivity contribution in [3.8, 4) is 11.1 Å². The first-order valence-electron chi connectivity index (χ1n) is 10.3. The first kappa shape index (κ1) is 21.3. The van der Waals surface area contributed by atoms with Crippen molar-refractivity contribution in [1.82, 2.24) is 14.9 Å². The third-order valence-corrected chi connectivity index (χ3v) is 6.07. The fraction of sp³-hybridized carbons (Fsp3) is 0.292. The number of benzene rings is 2. The normalized spacial score (nSPS) is 16.4. The molecular formula is C24H26ClN5O. The molecule has 0 saturated carbocycles. The van der Waals surface area contributed by atoms with E-state index in [1.807, 2.05) is 55.5 Å². The molecule has 160 valence electrons. The van der Waals surface area contributed by atoms with Crippen molar-refractivity contribution >= 4 is 23.5 Å². The maximum Gasteiger partial charge on any atom is 0.248 e. The Morgan fingerprint density at radius 1 is 1.19 bits per heavy atom. The molecule has 1 aliphatic rings. The lowest BCUT2D eigenvalue weighted by atomic mass is 9.95. The van der Waals surface area contributed by atoms with Crippen molar-refractivity contribution in [2.45, 2.75) is 18.9 Å². The van der Waals surface area contributed by atoms with Gasteiger partial charge in [-0.05, 0) is 42.3 Å². The Bertz CT molecular complexity index is 1080. The van der Waals surface area contributed by atoms with Crippen LogP contribution in [-0.4, -0.2) is 48.0 Å². The van der Waals surface area contributed by atoms with Gasteiger partial charge in [0.25, 0.3) is 0 Å². The molecule has 31 heavy (non-hydrogen) atoms. The van der Waals surface area contributed by atoms with E-state index in [1.54, 1.807) is 12.1 Å². The minimum absolute atomic E-state index is 0.287. The molecule has 2 N–H and O–H groups in total. The van der Waals surface area contributed by atoms with E-state index >= 15 is 0 Å². The number of nitrogens with two attached hydrogens (primary N) is 1. The summed E-state index contributed by atoms with van der Waals surface area (Å²) in [6.07, 6.45) is 2.90. The molecule has 0 bridgehead atoms. The van der Waals surface area contributed by atoms with Crippen LogP contribution in [0.4, 0.5) is 5.95 Å². The highest BCUT2D eigenvalue weighted by Gasteiger charge is 2.28. The van der Waals surface area contributed by atoms with Crippen LogP contribution in [0.3, 0.4) is 0 Å². The number of amides is 1. The number of carbonyl (C=O) groups is 1. The zero-order valence-corrected chi connectivity index (χ0v) is 18.5. The topological polar surface area (TPSA) is 75.4 Å². The summed E-state index contributed by atoms with van der Waals surface area (Å²) in [6, 6.07) is 15.3. The van der Waals surface area contributed by atoms with Crippen LogP contribution >= 0.6 is 11.6 Å². The minimum Gasteiger partial charge on any atom is -0.366 e. The van der Waals surface area contributed by atoms with E-state index in [-0.39, 0.29) is 5.92 Å². The van der Waals surface area contributed by atoms with Gasteiger partial charge in [-0.3, -0.25) is 9.69 Å². The molecule has 0 unspecified atom stereocenters. The van der Waals surface area contributed by atoms with Crippen LogP contribution in [-0.2, 0) is 6.54 Å². The molecule has 3 aromatic rings. The van der Waals surface area contributed by atoms with E-state index < -0.39 is 5.91 Å². The third-order valence-electron chi connectivity index (χ3n) is 5.70. The molecule has 2 aromatic carbocycles. The monoisotopic (exact) mass is 435 g/mol. The van der Waals surface area contributed by atoms with Gasteiger partial charge in [0.2, 0.25) is 11.9 Å². The lowest BCUT2D eigenvalue weighted by Crippen LogP contribution is -2.21. The summed E-state index contributed by atoms with van der Waals surface area (Å²) in [5.74, 6) is 0.545. The predicted molar refractivity (Wildman–Crippen MR) is 124 cm³/mol. The number of nitrogens with zero attached hydrogens (tertiary/aromatic N) is 4. The number of hydrogen-bond acceptors (Lipinski definition) is 5. The first-order chi connectivity index (χ1) is 14.9. The quantitative estimate of drug-likeness (QED) is 0.634. The zero-order chi connectivity index (χ0) is 22.0. The van der Waals surface area contributed by atoms with Gasteiger partial charge < -0.3 is 10.6 Å². The van der Waals surface area contributed by atoms with E-state index in [0.29, 0.717) is 11.5 Å². The molecule has 1 atom stereocenters. The molecule has 0 aliphatic carbocycles. The second kappa shape index (κ2) is 9.04. The standard InChI is InChI=1S/C24H26ClN5O/c1-29(2)24-27-13-20(16-7-9-17(10-8-16)23(26)31)22(28-24)19-11-12-30(15-19)14-18-5-3-4-6-21(18)25/h3-10,13,19H,11-12,14-15H2,1-2H3,(H2,26,31)/t19-/m0/s1. The molecule has 4 rings (SSSR count). The Kier molecular flexibility index (Phi) is 6.20. The van der Waals surface area contributed by atoms with Gasteiger partial charge in [-0.25, -0.2) is 9.97 Å². The maximum atomic E-state index is 11.4. The van der Waals surface area contributed by atoms with E-state index in [9.17, 15) is 4.79 Å². The van der Waals surface area contributed by atoms with Crippen molar-refractivity contribution in [2.24, 2.45) is 5.73 Å². The second-order valence-corrected chi connectivity index (χ2v) is 8.52. The van der Waals surface area contributed by atoms with Crippen LogP contribution in [0.5, 0.6) is 0 Å². The number of aromatic nitrogens is 2. The lowest BCUT2D eigenvalue weighted by Gasteiger charge is -2.20. The number of likely N-dealkylation sites (tertiary alicyclic amines) is 1. The fourth-order valence-electron chi connectivity index (χ4n) is 4.02. The summed E-state index contributed by atoms with van der Waals surface area (Å²) in [5, 5.41) is 0.804. The first-order valence-corrected chi connectivity index (χ1v) is 10.7. The van der Waals surface area contributed by atoms with E-state index in [2.05, 4.69) is 16.0 Å². The molecular weight excluding hydrogens is 410 g/mol. The molecule has 2 heterocycles. The van der Waals surface area contributed by atoms with Crippen LogP contribution < -0.4 is 10.6 Å². The largest absolute Gasteiger partial charge is 0.366 e. The van der Waals surface area contributed by atoms with Gasteiger partial charge in [0.15, 0.2) is 0 Å². The molecule has 1 fully saturated rings. The maximum absolute atomic E-state index is 11.4. The molecule has 0 radical (unpaired) electrons. The number of hydrogen-bond donors (Lipinski definition) is 1. The van der Waals surface area contributed by atoms with Crippen molar-refractivity contribution in [3.63, 3.8) is 0 Å². The molecule has 7 heteroatoms. The smallest absolute Gasteiger partial charge is 0.248 e. The molecule has 1 amide bonds. The highest BCUT2D eigenvalue weighted by atomic mass is 35.5. The van der Waals surface area contributed by atoms with Gasteiger partial charge in [0, 0.05) is 55.4 Å².